The van der Waals surface area contributed by atoms with E-state index in [4.69, 9.17) is 6.42 Å². The fourth-order valence-electron chi connectivity index (χ4n) is 4.94. The molecule has 7 nitrogen and oxygen atoms in total. The molecule has 202 valence electrons. The summed E-state index contributed by atoms with van der Waals surface area (Å²) in [6.45, 7) is 5.13. The van der Waals surface area contributed by atoms with Gasteiger partial charge in [-0.15, -0.1) is 24.1 Å². The lowest BCUT2D eigenvalue weighted by molar-refractivity contribution is -0.308. The van der Waals surface area contributed by atoms with Gasteiger partial charge in [-0.1, -0.05) is 44.8 Å². The Morgan fingerprint density at radius 1 is 1.22 bits per heavy atom. The van der Waals surface area contributed by atoms with E-state index >= 15 is 0 Å². The van der Waals surface area contributed by atoms with Crippen molar-refractivity contribution in [1.29, 1.82) is 0 Å². The van der Waals surface area contributed by atoms with Gasteiger partial charge in [0.15, 0.2) is 0 Å². The second-order valence-corrected chi connectivity index (χ2v) is 11.4. The second-order valence-electron chi connectivity index (χ2n) is 9.98. The van der Waals surface area contributed by atoms with Crippen LogP contribution in [0.1, 0.15) is 78.1 Å². The normalized spacial score (nSPS) is 17.0. The van der Waals surface area contributed by atoms with Crippen LogP contribution >= 0.6 is 11.8 Å². The lowest BCUT2D eigenvalue weighted by Gasteiger charge is -2.37. The highest BCUT2D eigenvalue weighted by Crippen LogP contribution is 2.40. The predicted octanol–water partition coefficient (Wildman–Crippen LogP) is 6.15. The highest BCUT2D eigenvalue weighted by molar-refractivity contribution is 8.00. The molecule has 1 aliphatic carbocycles. The molecule has 0 bridgehead atoms. The zero-order chi connectivity index (χ0) is 26.3. The first-order valence-corrected chi connectivity index (χ1v) is 14.3. The van der Waals surface area contributed by atoms with Crippen LogP contribution in [0.3, 0.4) is 0 Å². The number of anilines is 1. The zero-order valence-corrected chi connectivity index (χ0v) is 22.7. The van der Waals surface area contributed by atoms with Gasteiger partial charge in [-0.25, -0.2) is 4.79 Å². The van der Waals surface area contributed by atoms with Crippen molar-refractivity contribution >= 4 is 23.5 Å². The zero-order valence-electron chi connectivity index (χ0n) is 21.9. The first-order chi connectivity index (χ1) is 17.3. The summed E-state index contributed by atoms with van der Waals surface area (Å²) in [4.78, 5) is 13.2. The molecule has 0 saturated heterocycles. The molecule has 0 radical (unpaired) electrons. The summed E-state index contributed by atoms with van der Waals surface area (Å²) < 4.78 is 0. The van der Waals surface area contributed by atoms with E-state index in [0.717, 1.165) is 42.7 Å². The lowest BCUT2D eigenvalue weighted by atomic mass is 9.71. The molecule has 2 rings (SSSR count). The Labute approximate surface area is 221 Å². The topological polar surface area (TPSA) is 105 Å². The number of hydrogen-bond donors (Lipinski definition) is 5. The Bertz CT molecular complexity index is 795. The third-order valence-electron chi connectivity index (χ3n) is 7.25. The Balaban J connectivity index is 1.87. The van der Waals surface area contributed by atoms with E-state index in [9.17, 15) is 20.3 Å². The molecule has 0 heterocycles. The van der Waals surface area contributed by atoms with Gasteiger partial charge >= 0.3 is 6.03 Å². The molecule has 0 spiro atoms. The van der Waals surface area contributed by atoms with Crippen molar-refractivity contribution in [2.75, 3.05) is 18.4 Å². The largest absolute Gasteiger partial charge is 0.393 e. The van der Waals surface area contributed by atoms with Crippen LogP contribution in [-0.4, -0.2) is 51.2 Å². The molecule has 5 N–H and O–H groups in total. The maximum absolute atomic E-state index is 12.1. The number of urea groups is 1. The van der Waals surface area contributed by atoms with E-state index in [1.165, 1.54) is 19.3 Å². The number of unbranched alkanes of at least 4 members (excludes halogenated alkanes) is 2. The highest BCUT2D eigenvalue weighted by atomic mass is 32.2. The van der Waals surface area contributed by atoms with Crippen LogP contribution in [0.4, 0.5) is 10.5 Å². The Morgan fingerprint density at radius 3 is 2.53 bits per heavy atom. The minimum Gasteiger partial charge on any atom is -0.393 e. The average molecular weight is 520 g/mol. The van der Waals surface area contributed by atoms with Gasteiger partial charge in [-0.3, -0.25) is 10.4 Å². The number of nitrogens with one attached hydrogen (secondary N) is 2. The van der Waals surface area contributed by atoms with Crippen LogP contribution < -0.4 is 10.6 Å². The van der Waals surface area contributed by atoms with Gasteiger partial charge in [0.05, 0.1) is 12.6 Å². The first-order valence-electron chi connectivity index (χ1n) is 13.4. The van der Waals surface area contributed by atoms with Crippen molar-refractivity contribution in [3.8, 4) is 12.3 Å². The van der Waals surface area contributed by atoms with Crippen molar-refractivity contribution < 1.29 is 20.3 Å². The number of benzene rings is 1. The predicted molar refractivity (Wildman–Crippen MR) is 146 cm³/mol. The van der Waals surface area contributed by atoms with Gasteiger partial charge in [0.2, 0.25) is 0 Å². The van der Waals surface area contributed by atoms with Gasteiger partial charge in [0.25, 0.3) is 0 Å². The smallest absolute Gasteiger partial charge is 0.319 e. The summed E-state index contributed by atoms with van der Waals surface area (Å²) in [5.74, 6) is 3.63. The van der Waals surface area contributed by atoms with Gasteiger partial charge in [0.1, 0.15) is 0 Å². The fourth-order valence-corrected chi connectivity index (χ4v) is 6.16. The van der Waals surface area contributed by atoms with Gasteiger partial charge in [-0.2, -0.15) is 0 Å². The van der Waals surface area contributed by atoms with Gasteiger partial charge in [0, 0.05) is 28.8 Å². The van der Waals surface area contributed by atoms with Crippen LogP contribution in [0.25, 0.3) is 0 Å². The summed E-state index contributed by atoms with van der Waals surface area (Å²) in [6.07, 6.45) is 14.2. The quantitative estimate of drug-likeness (QED) is 0.0732. The summed E-state index contributed by atoms with van der Waals surface area (Å²) in [5.41, 5.74) is 0.739. The van der Waals surface area contributed by atoms with Crippen molar-refractivity contribution in [3.05, 3.63) is 24.3 Å². The van der Waals surface area contributed by atoms with Gasteiger partial charge < -0.3 is 15.7 Å². The van der Waals surface area contributed by atoms with Crippen molar-refractivity contribution in [2.24, 2.45) is 17.8 Å². The van der Waals surface area contributed by atoms with E-state index in [0.29, 0.717) is 31.2 Å². The summed E-state index contributed by atoms with van der Waals surface area (Å²) in [7, 11) is 0. The third-order valence-corrected chi connectivity index (χ3v) is 8.51. The summed E-state index contributed by atoms with van der Waals surface area (Å²) in [5, 5.41) is 35.8. The number of carbonyl (C=O) groups is 1. The van der Waals surface area contributed by atoms with E-state index in [1.54, 1.807) is 11.8 Å². The number of thioether (sulfide) groups is 1. The molecule has 1 aliphatic rings. The number of aliphatic hydroxyl groups is 1. The molecule has 1 fully saturated rings. The Hall–Kier alpha value is -1.76. The number of hydrogen-bond acceptors (Lipinski definition) is 6. The van der Waals surface area contributed by atoms with E-state index < -0.39 is 6.10 Å². The SMILES string of the molecule is C#CCCCCNC(=O)Nc1ccc(SC(C)[C@@H](CCC)C(O)CC(CCN(O)O)C2CCC2)cc1. The third kappa shape index (κ3) is 11.1. The second kappa shape index (κ2) is 16.9. The molecule has 0 aliphatic heterocycles. The Kier molecular flexibility index (Phi) is 14.3. The first kappa shape index (κ1) is 30.5. The number of terminal acetylenes is 1. The molecule has 1 saturated carbocycles. The number of rotatable bonds is 17. The number of aliphatic hydroxyl groups excluding tert-OH is 1. The fraction of sp³-hybridized carbons (Fsp3) is 0.679. The van der Waals surface area contributed by atoms with Gasteiger partial charge in [-0.05, 0) is 74.1 Å². The molecular weight excluding hydrogens is 474 g/mol. The lowest BCUT2D eigenvalue weighted by Crippen LogP contribution is -2.34. The van der Waals surface area contributed by atoms with Crippen LogP contribution in [0.2, 0.25) is 0 Å². The molecule has 0 aromatic heterocycles. The Morgan fingerprint density at radius 2 is 1.94 bits per heavy atom. The van der Waals surface area contributed by atoms with E-state index in [-0.39, 0.29) is 29.0 Å². The van der Waals surface area contributed by atoms with Crippen molar-refractivity contribution in [3.63, 3.8) is 0 Å². The molecule has 4 atom stereocenters. The molecule has 36 heavy (non-hydrogen) atoms. The summed E-state index contributed by atoms with van der Waals surface area (Å²) in [6, 6.07) is 7.60. The molecule has 8 heteroatoms. The van der Waals surface area contributed by atoms with Crippen LogP contribution in [0, 0.1) is 30.1 Å². The number of carbonyl (C=O) groups excluding carboxylic acids is 1. The average Bonchev–Trinajstić information content (AvgIpc) is 2.80. The maximum atomic E-state index is 12.1. The minimum absolute atomic E-state index is 0.153. The summed E-state index contributed by atoms with van der Waals surface area (Å²) >= 11 is 1.75. The highest BCUT2D eigenvalue weighted by Gasteiger charge is 2.33. The maximum Gasteiger partial charge on any atom is 0.319 e. The number of amides is 2. The van der Waals surface area contributed by atoms with E-state index in [1.807, 2.05) is 24.3 Å². The van der Waals surface area contributed by atoms with Crippen LogP contribution in [0.5, 0.6) is 0 Å². The molecule has 1 aromatic carbocycles. The number of hydroxylamine groups is 2. The molecule has 3 unspecified atom stereocenters. The molecule has 1 aromatic rings. The minimum atomic E-state index is -0.422. The van der Waals surface area contributed by atoms with E-state index in [2.05, 4.69) is 30.4 Å². The number of nitrogens with zero attached hydrogens (tertiary/aromatic N) is 1. The van der Waals surface area contributed by atoms with Crippen LogP contribution in [-0.2, 0) is 0 Å². The van der Waals surface area contributed by atoms with Crippen molar-refractivity contribution in [2.45, 2.75) is 94.3 Å². The van der Waals surface area contributed by atoms with Crippen molar-refractivity contribution in [1.82, 2.24) is 10.5 Å². The van der Waals surface area contributed by atoms with Crippen LogP contribution in [0.15, 0.2) is 29.2 Å². The monoisotopic (exact) mass is 519 g/mol. The molecular formula is C28H45N3O4S. The molecule has 2 amide bonds. The standard InChI is InChI=1S/C28H45N3O4S/c1-4-6-7-8-18-29-28(33)30-24-13-15-25(16-14-24)36-21(3)26(10-5-2)27(32)20-23(17-19-31(34)35)22-11-9-12-22/h1,13-16,21-23,26-27,32,34-35H,5-12,17-20H2,2-3H3,(H2,29,30,33)/t21?,23?,26-,27?/m1/s1.